The van der Waals surface area contributed by atoms with Gasteiger partial charge in [-0.25, -0.2) is 4.98 Å². The van der Waals surface area contributed by atoms with E-state index in [1.54, 1.807) is 23.9 Å². The van der Waals surface area contributed by atoms with Gasteiger partial charge in [0, 0.05) is 30.1 Å². The maximum atomic E-state index is 12.4. The van der Waals surface area contributed by atoms with Crippen molar-refractivity contribution in [2.75, 3.05) is 20.1 Å². The lowest BCUT2D eigenvalue weighted by molar-refractivity contribution is -0.131. The molecule has 0 bridgehead atoms. The molecule has 0 spiro atoms. The molecule has 0 radical (unpaired) electrons. The molecule has 1 N–H and O–H groups in total. The fraction of sp³-hybridized carbons (Fsp3) is 0.467. The molecule has 0 saturated carbocycles. The summed E-state index contributed by atoms with van der Waals surface area (Å²) in [5.74, 6) is 0.178. The smallest absolute Gasteiger partial charge is 0.228 e. The van der Waals surface area contributed by atoms with Crippen molar-refractivity contribution in [2.24, 2.45) is 0 Å². The number of halogens is 2. The second kappa shape index (κ2) is 9.27. The number of hydrogen-bond acceptors (Lipinski definition) is 5. The summed E-state index contributed by atoms with van der Waals surface area (Å²) in [4.78, 5) is 19.0. The Hall–Kier alpha value is -1.08. The van der Waals surface area contributed by atoms with E-state index in [9.17, 15) is 4.79 Å². The molecular formula is C15H21Cl2N3O2S. The van der Waals surface area contributed by atoms with E-state index in [1.807, 2.05) is 23.4 Å². The number of thiazole rings is 1. The predicted molar refractivity (Wildman–Crippen MR) is 96.7 cm³/mol. The van der Waals surface area contributed by atoms with Gasteiger partial charge in [-0.05, 0) is 26.0 Å². The van der Waals surface area contributed by atoms with Crippen molar-refractivity contribution in [1.82, 2.24) is 15.2 Å². The first-order chi connectivity index (χ1) is 10.3. The average molecular weight is 378 g/mol. The molecule has 128 valence electrons. The van der Waals surface area contributed by atoms with E-state index in [1.165, 1.54) is 0 Å². The topological polar surface area (TPSA) is 58.4 Å². The number of carbonyl (C=O) groups excluding carboxylic acids is 1. The highest BCUT2D eigenvalue weighted by molar-refractivity contribution is 7.13. The predicted octanol–water partition coefficient (Wildman–Crippen LogP) is 3.00. The molecule has 1 fully saturated rings. The molecule has 0 aliphatic carbocycles. The molecule has 2 aromatic heterocycles. The highest BCUT2D eigenvalue weighted by atomic mass is 35.5. The Morgan fingerprint density at radius 3 is 3.04 bits per heavy atom. The normalized spacial score (nSPS) is 16.7. The van der Waals surface area contributed by atoms with Gasteiger partial charge >= 0.3 is 0 Å². The van der Waals surface area contributed by atoms with Gasteiger partial charge in [0.1, 0.15) is 11.3 Å². The number of hydrogen-bond donors (Lipinski definition) is 1. The summed E-state index contributed by atoms with van der Waals surface area (Å²) in [6, 6.07) is 2.21. The number of amides is 1. The Labute approximate surface area is 152 Å². The van der Waals surface area contributed by atoms with Crippen molar-refractivity contribution in [3.63, 3.8) is 0 Å². The number of likely N-dealkylation sites (tertiary alicyclic amines) is 1. The fourth-order valence-electron chi connectivity index (χ4n) is 2.78. The lowest BCUT2D eigenvalue weighted by Gasteiger charge is -2.24. The van der Waals surface area contributed by atoms with E-state index < -0.39 is 0 Å². The van der Waals surface area contributed by atoms with E-state index in [2.05, 4.69) is 10.3 Å². The molecule has 0 aromatic carbocycles. The third-order valence-electron chi connectivity index (χ3n) is 3.79. The maximum Gasteiger partial charge on any atom is 0.228 e. The molecule has 1 amide bonds. The van der Waals surface area contributed by atoms with Crippen LogP contribution in [0.5, 0.6) is 0 Å². The average Bonchev–Trinajstić information content (AvgIpc) is 3.20. The van der Waals surface area contributed by atoms with Gasteiger partial charge in [-0.2, -0.15) is 0 Å². The van der Waals surface area contributed by atoms with Gasteiger partial charge in [0.25, 0.3) is 0 Å². The molecule has 1 aliphatic rings. The molecular weight excluding hydrogens is 357 g/mol. The zero-order valence-electron chi connectivity index (χ0n) is 12.9. The summed E-state index contributed by atoms with van der Waals surface area (Å²) >= 11 is 1.55. The number of rotatable bonds is 5. The molecule has 5 nitrogen and oxygen atoms in total. The zero-order valence-corrected chi connectivity index (χ0v) is 15.3. The minimum atomic E-state index is 0. The Morgan fingerprint density at radius 1 is 1.52 bits per heavy atom. The van der Waals surface area contributed by atoms with E-state index in [0.29, 0.717) is 12.5 Å². The zero-order chi connectivity index (χ0) is 14.7. The fourth-order valence-corrected chi connectivity index (χ4v) is 3.58. The molecule has 23 heavy (non-hydrogen) atoms. The summed E-state index contributed by atoms with van der Waals surface area (Å²) in [6.07, 6.45) is 5.87. The minimum absolute atomic E-state index is 0. The Kier molecular flexibility index (Phi) is 8.05. The second-order valence-electron chi connectivity index (χ2n) is 5.27. The molecule has 2 aromatic rings. The largest absolute Gasteiger partial charge is 0.472 e. The van der Waals surface area contributed by atoms with Gasteiger partial charge in [-0.15, -0.1) is 36.2 Å². The minimum Gasteiger partial charge on any atom is -0.472 e. The van der Waals surface area contributed by atoms with Crippen molar-refractivity contribution in [3.05, 3.63) is 29.7 Å². The standard InChI is InChI=1S/C15H19N3O2S.2ClH/c1-16-8-13-3-2-5-18(13)14(19)7-12-10-21-15(17-12)11-4-6-20-9-11;;/h4,6,9-10,13,16H,2-3,5,7-8H2,1H3;2*1H. The Balaban J connectivity index is 0.00000132. The Bertz CT molecular complexity index is 604. The van der Waals surface area contributed by atoms with Crippen molar-refractivity contribution >= 4 is 42.1 Å². The summed E-state index contributed by atoms with van der Waals surface area (Å²) in [5.41, 5.74) is 1.81. The van der Waals surface area contributed by atoms with Gasteiger partial charge in [0.15, 0.2) is 0 Å². The number of likely N-dealkylation sites (N-methyl/N-ethyl adjacent to an activating group) is 1. The first-order valence-electron chi connectivity index (χ1n) is 7.19. The lowest BCUT2D eigenvalue weighted by Crippen LogP contribution is -2.41. The van der Waals surface area contributed by atoms with Crippen LogP contribution in [0.2, 0.25) is 0 Å². The third kappa shape index (κ3) is 4.70. The maximum absolute atomic E-state index is 12.4. The molecule has 3 rings (SSSR count). The number of nitrogens with zero attached hydrogens (tertiary/aromatic N) is 2. The first kappa shape index (κ1) is 20.0. The van der Waals surface area contributed by atoms with Gasteiger partial charge in [-0.1, -0.05) is 0 Å². The monoisotopic (exact) mass is 377 g/mol. The SMILES string of the molecule is CNCC1CCCN1C(=O)Cc1csc(-c2ccoc2)n1.Cl.Cl. The number of furan rings is 1. The van der Waals surface area contributed by atoms with E-state index in [4.69, 9.17) is 4.42 Å². The Morgan fingerprint density at radius 2 is 2.35 bits per heavy atom. The van der Waals surface area contributed by atoms with Crippen LogP contribution < -0.4 is 5.32 Å². The summed E-state index contributed by atoms with van der Waals surface area (Å²) in [6.45, 7) is 1.73. The van der Waals surface area contributed by atoms with E-state index in [-0.39, 0.29) is 30.7 Å². The van der Waals surface area contributed by atoms with Crippen LogP contribution in [0.25, 0.3) is 10.6 Å². The van der Waals surface area contributed by atoms with Crippen LogP contribution in [0, 0.1) is 0 Å². The third-order valence-corrected chi connectivity index (χ3v) is 4.73. The highest BCUT2D eigenvalue weighted by Gasteiger charge is 2.28. The quantitative estimate of drug-likeness (QED) is 0.869. The van der Waals surface area contributed by atoms with Gasteiger partial charge in [0.2, 0.25) is 5.91 Å². The summed E-state index contributed by atoms with van der Waals surface area (Å²) < 4.78 is 5.07. The van der Waals surface area contributed by atoms with Crippen LogP contribution >= 0.6 is 36.2 Å². The molecule has 3 heterocycles. The second-order valence-corrected chi connectivity index (χ2v) is 6.13. The van der Waals surface area contributed by atoms with Crippen molar-refractivity contribution in [3.8, 4) is 10.6 Å². The molecule has 1 unspecified atom stereocenters. The van der Waals surface area contributed by atoms with Crippen LogP contribution in [0.15, 0.2) is 28.4 Å². The van der Waals surface area contributed by atoms with Gasteiger partial charge in [0.05, 0.1) is 18.4 Å². The summed E-state index contributed by atoms with van der Waals surface area (Å²) in [7, 11) is 1.93. The number of nitrogens with one attached hydrogen (secondary N) is 1. The molecule has 1 aliphatic heterocycles. The van der Waals surface area contributed by atoms with Crippen LogP contribution in [0.1, 0.15) is 18.5 Å². The number of aromatic nitrogens is 1. The highest BCUT2D eigenvalue weighted by Crippen LogP contribution is 2.25. The van der Waals surface area contributed by atoms with E-state index >= 15 is 0 Å². The van der Waals surface area contributed by atoms with E-state index in [0.717, 1.165) is 42.2 Å². The van der Waals surface area contributed by atoms with Crippen LogP contribution in [0.3, 0.4) is 0 Å². The first-order valence-corrected chi connectivity index (χ1v) is 8.07. The van der Waals surface area contributed by atoms with Crippen LogP contribution in [-0.4, -0.2) is 42.0 Å². The summed E-state index contributed by atoms with van der Waals surface area (Å²) in [5, 5.41) is 6.03. The van der Waals surface area contributed by atoms with Crippen molar-refractivity contribution in [2.45, 2.75) is 25.3 Å². The molecule has 1 saturated heterocycles. The molecule has 8 heteroatoms. The van der Waals surface area contributed by atoms with Crippen molar-refractivity contribution in [1.29, 1.82) is 0 Å². The molecule has 1 atom stereocenters. The van der Waals surface area contributed by atoms with Crippen molar-refractivity contribution < 1.29 is 9.21 Å². The van der Waals surface area contributed by atoms with Crippen LogP contribution in [0.4, 0.5) is 0 Å². The van der Waals surface area contributed by atoms with Gasteiger partial charge in [-0.3, -0.25) is 4.79 Å². The number of carbonyl (C=O) groups is 1. The lowest BCUT2D eigenvalue weighted by atomic mass is 10.2. The van der Waals surface area contributed by atoms with Crippen LogP contribution in [-0.2, 0) is 11.2 Å². The van der Waals surface area contributed by atoms with Gasteiger partial charge < -0.3 is 14.6 Å².